The summed E-state index contributed by atoms with van der Waals surface area (Å²) in [7, 11) is 0. The molecule has 0 aromatic carbocycles. The highest BCUT2D eigenvalue weighted by Crippen LogP contribution is 2.21. The first-order valence-corrected chi connectivity index (χ1v) is 7.89. The molecular weight excluding hydrogens is 278 g/mol. The Morgan fingerprint density at radius 1 is 1.25 bits per heavy atom. The van der Waals surface area contributed by atoms with Crippen LogP contribution >= 0.6 is 11.8 Å². The van der Waals surface area contributed by atoms with Gasteiger partial charge in [0.1, 0.15) is 0 Å². The van der Waals surface area contributed by atoms with Crippen molar-refractivity contribution in [3.05, 3.63) is 21.6 Å². The van der Waals surface area contributed by atoms with E-state index in [4.69, 9.17) is 4.74 Å². The zero-order valence-electron chi connectivity index (χ0n) is 11.0. The van der Waals surface area contributed by atoms with Gasteiger partial charge in [0.05, 0.1) is 24.5 Å². The molecule has 7 nitrogen and oxygen atoms in total. The van der Waals surface area contributed by atoms with Gasteiger partial charge in [0.25, 0.3) is 11.3 Å². The second kappa shape index (κ2) is 4.78. The largest absolute Gasteiger partial charge is 0.378 e. The van der Waals surface area contributed by atoms with Crippen molar-refractivity contribution in [2.45, 2.75) is 12.2 Å². The van der Waals surface area contributed by atoms with E-state index in [0.29, 0.717) is 24.9 Å². The van der Waals surface area contributed by atoms with E-state index in [1.807, 2.05) is 0 Å². The van der Waals surface area contributed by atoms with Crippen molar-refractivity contribution in [3.63, 3.8) is 0 Å². The first-order chi connectivity index (χ1) is 9.83. The fraction of sp³-hybridized carbons (Fsp3) is 0.583. The fourth-order valence-electron chi connectivity index (χ4n) is 2.59. The number of aromatic amines is 1. The Labute approximate surface area is 119 Å². The lowest BCUT2D eigenvalue weighted by molar-refractivity contribution is 0.122. The highest BCUT2D eigenvalue weighted by atomic mass is 32.2. The van der Waals surface area contributed by atoms with E-state index >= 15 is 0 Å². The van der Waals surface area contributed by atoms with Gasteiger partial charge in [-0.15, -0.1) is 0 Å². The summed E-state index contributed by atoms with van der Waals surface area (Å²) in [5.74, 6) is 2.95. The molecule has 0 amide bonds. The second-order valence-corrected chi connectivity index (χ2v) is 6.03. The van der Waals surface area contributed by atoms with Gasteiger partial charge in [-0.1, -0.05) is 0 Å². The first-order valence-electron chi connectivity index (χ1n) is 6.74. The standard InChI is InChI=1S/C12H15N5O2S/c18-10-8-7-20-6-1-9(8)13-11-14-12(15-17(10)11)16-2-4-19-5-3-16/h1-7H2,(H,13,14,15). The highest BCUT2D eigenvalue weighted by Gasteiger charge is 2.21. The van der Waals surface area contributed by atoms with Crippen molar-refractivity contribution in [2.24, 2.45) is 0 Å². The lowest BCUT2D eigenvalue weighted by Gasteiger charge is -2.25. The molecule has 0 aliphatic carbocycles. The number of aryl methyl sites for hydroxylation is 1. The molecule has 0 unspecified atom stereocenters. The van der Waals surface area contributed by atoms with Gasteiger partial charge in [-0.25, -0.2) is 4.98 Å². The molecule has 8 heteroatoms. The highest BCUT2D eigenvalue weighted by molar-refractivity contribution is 7.98. The van der Waals surface area contributed by atoms with E-state index in [0.717, 1.165) is 42.3 Å². The van der Waals surface area contributed by atoms with Crippen molar-refractivity contribution >= 4 is 23.5 Å². The van der Waals surface area contributed by atoms with E-state index < -0.39 is 0 Å². The number of H-pyrrole nitrogens is 1. The monoisotopic (exact) mass is 293 g/mol. The minimum absolute atomic E-state index is 0.00999. The van der Waals surface area contributed by atoms with Gasteiger partial charge < -0.3 is 9.64 Å². The smallest absolute Gasteiger partial charge is 0.278 e. The summed E-state index contributed by atoms with van der Waals surface area (Å²) < 4.78 is 6.80. The molecule has 1 N–H and O–H groups in total. The number of thioether (sulfide) groups is 1. The van der Waals surface area contributed by atoms with E-state index in [9.17, 15) is 4.79 Å². The van der Waals surface area contributed by atoms with E-state index in [1.54, 1.807) is 11.8 Å². The van der Waals surface area contributed by atoms with Crippen molar-refractivity contribution in [1.29, 1.82) is 0 Å². The number of aromatic nitrogens is 4. The Bertz CT molecular complexity index is 704. The number of nitrogens with one attached hydrogen (secondary N) is 1. The number of nitrogens with zero attached hydrogens (tertiary/aromatic N) is 4. The normalized spacial score (nSPS) is 19.3. The maximum absolute atomic E-state index is 12.5. The fourth-order valence-corrected chi connectivity index (χ4v) is 3.57. The quantitative estimate of drug-likeness (QED) is 0.800. The first kappa shape index (κ1) is 12.2. The molecule has 4 rings (SSSR count). The molecule has 106 valence electrons. The maximum Gasteiger partial charge on any atom is 0.278 e. The average molecular weight is 293 g/mol. The maximum atomic E-state index is 12.5. The van der Waals surface area contributed by atoms with Crippen molar-refractivity contribution in [3.8, 4) is 0 Å². The van der Waals surface area contributed by atoms with Crippen LogP contribution in [0.3, 0.4) is 0 Å². The van der Waals surface area contributed by atoms with Crippen molar-refractivity contribution in [2.75, 3.05) is 37.0 Å². The Hall–Kier alpha value is -1.54. The van der Waals surface area contributed by atoms with E-state index in [2.05, 4.69) is 20.0 Å². The van der Waals surface area contributed by atoms with Gasteiger partial charge in [-0.3, -0.25) is 9.89 Å². The molecule has 0 bridgehead atoms. The van der Waals surface area contributed by atoms with Gasteiger partial charge in [0, 0.05) is 18.8 Å². The molecule has 0 spiro atoms. The van der Waals surface area contributed by atoms with Crippen LogP contribution in [-0.4, -0.2) is 51.6 Å². The van der Waals surface area contributed by atoms with E-state index in [-0.39, 0.29) is 5.56 Å². The topological polar surface area (TPSA) is 75.5 Å². The predicted molar refractivity (Wildman–Crippen MR) is 76.5 cm³/mol. The number of rotatable bonds is 1. The molecular formula is C12H15N5O2S. The lowest BCUT2D eigenvalue weighted by Crippen LogP contribution is -2.37. The van der Waals surface area contributed by atoms with Crippen LogP contribution in [0, 0.1) is 0 Å². The van der Waals surface area contributed by atoms with Crippen LogP contribution in [0.4, 0.5) is 5.95 Å². The van der Waals surface area contributed by atoms with Crippen LogP contribution in [-0.2, 0) is 16.9 Å². The van der Waals surface area contributed by atoms with Gasteiger partial charge >= 0.3 is 0 Å². The Morgan fingerprint density at radius 2 is 2.10 bits per heavy atom. The molecule has 2 aliphatic heterocycles. The zero-order valence-corrected chi connectivity index (χ0v) is 11.8. The van der Waals surface area contributed by atoms with Crippen molar-refractivity contribution in [1.82, 2.24) is 19.6 Å². The number of fused-ring (bicyclic) bond motifs is 2. The molecule has 1 saturated heterocycles. The van der Waals surface area contributed by atoms with Crippen molar-refractivity contribution < 1.29 is 4.74 Å². The Morgan fingerprint density at radius 3 is 2.95 bits per heavy atom. The summed E-state index contributed by atoms with van der Waals surface area (Å²) in [6, 6.07) is 0. The van der Waals surface area contributed by atoms with Crippen LogP contribution in [0.15, 0.2) is 4.79 Å². The molecule has 2 aromatic rings. The molecule has 1 fully saturated rings. The molecule has 0 saturated carbocycles. The van der Waals surface area contributed by atoms with Crippen LogP contribution in [0.1, 0.15) is 11.3 Å². The molecule has 2 aromatic heterocycles. The Kier molecular flexibility index (Phi) is 2.92. The number of hydrogen-bond donors (Lipinski definition) is 1. The number of morpholine rings is 1. The third-order valence-corrected chi connectivity index (χ3v) is 4.69. The summed E-state index contributed by atoms with van der Waals surface area (Å²) in [5.41, 5.74) is 1.72. The third-order valence-electron chi connectivity index (χ3n) is 3.70. The summed E-state index contributed by atoms with van der Waals surface area (Å²) in [6.07, 6.45) is 0.853. The van der Waals surface area contributed by atoms with Gasteiger partial charge in [0.2, 0.25) is 5.95 Å². The molecule has 2 aliphatic rings. The number of anilines is 1. The summed E-state index contributed by atoms with van der Waals surface area (Å²) in [6.45, 7) is 2.94. The SMILES string of the molecule is O=c1c2c(nc3nc(N4CCOCC4)[nH]n13)CCSC2. The average Bonchev–Trinajstić information content (AvgIpc) is 2.93. The van der Waals surface area contributed by atoms with Crippen LogP contribution in [0.2, 0.25) is 0 Å². The number of hydrogen-bond acceptors (Lipinski definition) is 6. The van der Waals surface area contributed by atoms with Gasteiger partial charge in [-0.05, 0) is 12.2 Å². The summed E-state index contributed by atoms with van der Waals surface area (Å²) in [5, 5.41) is 3.08. The molecule has 20 heavy (non-hydrogen) atoms. The minimum atomic E-state index is -0.00999. The summed E-state index contributed by atoms with van der Waals surface area (Å²) >= 11 is 1.78. The predicted octanol–water partition coefficient (Wildman–Crippen LogP) is 0.0435. The molecule has 0 atom stereocenters. The van der Waals surface area contributed by atoms with Crippen LogP contribution in [0.25, 0.3) is 5.78 Å². The van der Waals surface area contributed by atoms with Gasteiger partial charge in [0.15, 0.2) is 0 Å². The van der Waals surface area contributed by atoms with Crippen LogP contribution in [0.5, 0.6) is 0 Å². The van der Waals surface area contributed by atoms with Gasteiger partial charge in [-0.2, -0.15) is 21.3 Å². The second-order valence-electron chi connectivity index (χ2n) is 4.93. The molecule has 4 heterocycles. The minimum Gasteiger partial charge on any atom is -0.378 e. The number of ether oxygens (including phenoxy) is 1. The van der Waals surface area contributed by atoms with Crippen LogP contribution < -0.4 is 10.5 Å². The zero-order chi connectivity index (χ0) is 13.5. The third kappa shape index (κ3) is 1.90. The lowest BCUT2D eigenvalue weighted by atomic mass is 10.2. The Balaban J connectivity index is 1.82. The summed E-state index contributed by atoms with van der Waals surface area (Å²) in [4.78, 5) is 23.6. The molecule has 0 radical (unpaired) electrons. The van der Waals surface area contributed by atoms with E-state index in [1.165, 1.54) is 4.52 Å².